The van der Waals surface area contributed by atoms with Gasteiger partial charge in [0.2, 0.25) is 0 Å². The Morgan fingerprint density at radius 1 is 1.62 bits per heavy atom. The summed E-state index contributed by atoms with van der Waals surface area (Å²) in [4.78, 5) is 2.42. The summed E-state index contributed by atoms with van der Waals surface area (Å²) in [5, 5.41) is 3.47. The zero-order valence-electron chi connectivity index (χ0n) is 10.3. The van der Waals surface area contributed by atoms with Gasteiger partial charge < -0.3 is 9.73 Å². The van der Waals surface area contributed by atoms with Gasteiger partial charge in [-0.25, -0.2) is 0 Å². The van der Waals surface area contributed by atoms with Crippen LogP contribution in [0.3, 0.4) is 0 Å². The monoisotopic (exact) mass is 222 g/mol. The fourth-order valence-corrected chi connectivity index (χ4v) is 2.41. The molecule has 1 aromatic heterocycles. The lowest BCUT2D eigenvalue weighted by Crippen LogP contribution is -2.37. The van der Waals surface area contributed by atoms with Crippen LogP contribution in [-0.4, -0.2) is 31.6 Å². The maximum Gasteiger partial charge on any atom is 0.0950 e. The van der Waals surface area contributed by atoms with Crippen molar-refractivity contribution in [3.63, 3.8) is 0 Å². The van der Waals surface area contributed by atoms with E-state index in [4.69, 9.17) is 4.42 Å². The summed E-state index contributed by atoms with van der Waals surface area (Å²) >= 11 is 0. The van der Waals surface area contributed by atoms with Crippen molar-refractivity contribution in [1.29, 1.82) is 0 Å². The average Bonchev–Trinajstić information content (AvgIpc) is 2.83. The lowest BCUT2D eigenvalue weighted by atomic mass is 9.98. The van der Waals surface area contributed by atoms with Crippen LogP contribution >= 0.6 is 0 Å². The van der Waals surface area contributed by atoms with Crippen LogP contribution in [0.25, 0.3) is 0 Å². The van der Waals surface area contributed by atoms with Crippen LogP contribution < -0.4 is 5.32 Å². The summed E-state index contributed by atoms with van der Waals surface area (Å²) in [6.45, 7) is 5.76. The molecule has 2 unspecified atom stereocenters. The SMILES string of the molecule is CC(c1ccoc1)N(C)CC1CCCNC1. The number of nitrogens with one attached hydrogen (secondary N) is 1. The summed E-state index contributed by atoms with van der Waals surface area (Å²) in [5.41, 5.74) is 1.27. The van der Waals surface area contributed by atoms with Crippen molar-refractivity contribution in [2.75, 3.05) is 26.7 Å². The quantitative estimate of drug-likeness (QED) is 0.847. The Morgan fingerprint density at radius 3 is 3.12 bits per heavy atom. The van der Waals surface area contributed by atoms with E-state index < -0.39 is 0 Å². The molecule has 1 aliphatic heterocycles. The number of nitrogens with zero attached hydrogens (tertiary/aromatic N) is 1. The minimum Gasteiger partial charge on any atom is -0.472 e. The molecule has 3 nitrogen and oxygen atoms in total. The Kier molecular flexibility index (Phi) is 4.02. The first-order valence-corrected chi connectivity index (χ1v) is 6.20. The maximum absolute atomic E-state index is 5.14. The molecule has 0 aromatic carbocycles. The predicted molar refractivity (Wildman–Crippen MR) is 65.3 cm³/mol. The van der Waals surface area contributed by atoms with Gasteiger partial charge in [0.1, 0.15) is 0 Å². The Bertz CT molecular complexity index is 291. The van der Waals surface area contributed by atoms with Crippen LogP contribution in [0.15, 0.2) is 23.0 Å². The van der Waals surface area contributed by atoms with Gasteiger partial charge in [0, 0.05) is 18.2 Å². The first-order chi connectivity index (χ1) is 7.77. The first-order valence-electron chi connectivity index (χ1n) is 6.20. The summed E-state index contributed by atoms with van der Waals surface area (Å²) in [7, 11) is 2.20. The number of furan rings is 1. The third-order valence-corrected chi connectivity index (χ3v) is 3.63. The van der Waals surface area contributed by atoms with Crippen LogP contribution in [0.5, 0.6) is 0 Å². The third kappa shape index (κ3) is 2.86. The fourth-order valence-electron chi connectivity index (χ4n) is 2.41. The molecule has 2 rings (SSSR count). The van der Waals surface area contributed by atoms with Gasteiger partial charge in [0.25, 0.3) is 0 Å². The normalized spacial score (nSPS) is 23.6. The van der Waals surface area contributed by atoms with Crippen LogP contribution in [-0.2, 0) is 0 Å². The number of rotatable bonds is 4. The average molecular weight is 222 g/mol. The molecule has 1 aromatic rings. The van der Waals surface area contributed by atoms with E-state index in [1.165, 1.54) is 38.0 Å². The lowest BCUT2D eigenvalue weighted by molar-refractivity contribution is 0.198. The molecule has 1 N–H and O–H groups in total. The Hall–Kier alpha value is -0.800. The van der Waals surface area contributed by atoms with E-state index in [1.807, 2.05) is 6.26 Å². The summed E-state index contributed by atoms with van der Waals surface area (Å²) < 4.78 is 5.14. The Balaban J connectivity index is 1.84. The largest absolute Gasteiger partial charge is 0.472 e. The van der Waals surface area contributed by atoms with E-state index in [-0.39, 0.29) is 0 Å². The second kappa shape index (κ2) is 5.51. The molecule has 2 atom stereocenters. The van der Waals surface area contributed by atoms with Gasteiger partial charge in [-0.05, 0) is 51.9 Å². The highest BCUT2D eigenvalue weighted by Gasteiger charge is 2.19. The fraction of sp³-hybridized carbons (Fsp3) is 0.692. The van der Waals surface area contributed by atoms with Crippen molar-refractivity contribution in [3.05, 3.63) is 24.2 Å². The minimum atomic E-state index is 0.445. The molecular weight excluding hydrogens is 200 g/mol. The number of hydrogen-bond acceptors (Lipinski definition) is 3. The predicted octanol–water partition coefficient (Wildman–Crippen LogP) is 2.27. The van der Waals surface area contributed by atoms with E-state index in [9.17, 15) is 0 Å². The molecule has 0 amide bonds. The van der Waals surface area contributed by atoms with Crippen molar-refractivity contribution in [2.24, 2.45) is 5.92 Å². The number of hydrogen-bond donors (Lipinski definition) is 1. The van der Waals surface area contributed by atoms with Gasteiger partial charge in [-0.2, -0.15) is 0 Å². The van der Waals surface area contributed by atoms with Crippen molar-refractivity contribution < 1.29 is 4.42 Å². The van der Waals surface area contributed by atoms with Crippen LogP contribution in [0.4, 0.5) is 0 Å². The Morgan fingerprint density at radius 2 is 2.50 bits per heavy atom. The van der Waals surface area contributed by atoms with Crippen molar-refractivity contribution in [1.82, 2.24) is 10.2 Å². The molecule has 0 spiro atoms. The smallest absolute Gasteiger partial charge is 0.0950 e. The van der Waals surface area contributed by atoms with Crippen molar-refractivity contribution in [3.8, 4) is 0 Å². The van der Waals surface area contributed by atoms with Gasteiger partial charge in [-0.3, -0.25) is 4.90 Å². The standard InChI is InChI=1S/C13H22N2O/c1-11(13-5-7-16-10-13)15(2)9-12-4-3-6-14-8-12/h5,7,10-12,14H,3-4,6,8-9H2,1-2H3. The van der Waals surface area contributed by atoms with Crippen molar-refractivity contribution >= 4 is 0 Å². The van der Waals surface area contributed by atoms with Crippen LogP contribution in [0.1, 0.15) is 31.4 Å². The molecule has 0 saturated carbocycles. The van der Waals surface area contributed by atoms with Crippen LogP contribution in [0, 0.1) is 5.92 Å². The zero-order chi connectivity index (χ0) is 11.4. The molecule has 1 saturated heterocycles. The topological polar surface area (TPSA) is 28.4 Å². The molecule has 0 bridgehead atoms. The summed E-state index contributed by atoms with van der Waals surface area (Å²) in [6.07, 6.45) is 6.27. The van der Waals surface area contributed by atoms with Gasteiger partial charge in [0.05, 0.1) is 12.5 Å². The van der Waals surface area contributed by atoms with E-state index in [2.05, 4.69) is 30.3 Å². The van der Waals surface area contributed by atoms with Crippen molar-refractivity contribution in [2.45, 2.75) is 25.8 Å². The van der Waals surface area contributed by atoms with Gasteiger partial charge in [-0.15, -0.1) is 0 Å². The lowest BCUT2D eigenvalue weighted by Gasteiger charge is -2.30. The summed E-state index contributed by atoms with van der Waals surface area (Å²) in [6, 6.07) is 2.50. The second-order valence-electron chi connectivity index (χ2n) is 4.88. The highest BCUT2D eigenvalue weighted by Crippen LogP contribution is 2.21. The molecular formula is C13H22N2O. The van der Waals surface area contributed by atoms with Gasteiger partial charge in [-0.1, -0.05) is 0 Å². The highest BCUT2D eigenvalue weighted by atomic mass is 16.3. The molecule has 0 aliphatic carbocycles. The summed E-state index contributed by atoms with van der Waals surface area (Å²) in [5.74, 6) is 0.799. The van der Waals surface area contributed by atoms with Crippen LogP contribution in [0.2, 0.25) is 0 Å². The molecule has 1 fully saturated rings. The molecule has 16 heavy (non-hydrogen) atoms. The molecule has 90 valence electrons. The highest BCUT2D eigenvalue weighted by molar-refractivity contribution is 5.10. The molecule has 3 heteroatoms. The van der Waals surface area contributed by atoms with E-state index >= 15 is 0 Å². The molecule has 1 aliphatic rings. The van der Waals surface area contributed by atoms with E-state index in [0.717, 1.165) is 5.92 Å². The van der Waals surface area contributed by atoms with Gasteiger partial charge >= 0.3 is 0 Å². The minimum absolute atomic E-state index is 0.445. The zero-order valence-corrected chi connectivity index (χ0v) is 10.3. The third-order valence-electron chi connectivity index (χ3n) is 3.63. The molecule has 0 radical (unpaired) electrons. The van der Waals surface area contributed by atoms with E-state index in [1.54, 1.807) is 6.26 Å². The van der Waals surface area contributed by atoms with Gasteiger partial charge in [0.15, 0.2) is 0 Å². The Labute approximate surface area is 97.8 Å². The van der Waals surface area contributed by atoms with E-state index in [0.29, 0.717) is 6.04 Å². The second-order valence-corrected chi connectivity index (χ2v) is 4.88. The first kappa shape index (κ1) is 11.7. The number of piperidine rings is 1. The maximum atomic E-state index is 5.14. The molecule has 2 heterocycles.